The van der Waals surface area contributed by atoms with Gasteiger partial charge in [-0.05, 0) is 44.6 Å². The Kier molecular flexibility index (Phi) is 5.33. The predicted molar refractivity (Wildman–Crippen MR) is 90.6 cm³/mol. The Morgan fingerprint density at radius 1 is 1.38 bits per heavy atom. The van der Waals surface area contributed by atoms with Gasteiger partial charge in [-0.1, -0.05) is 30.7 Å². The average Bonchev–Trinajstić information content (AvgIpc) is 2.72. The molecule has 1 aromatic rings. The van der Waals surface area contributed by atoms with Gasteiger partial charge in [-0.15, -0.1) is 0 Å². The summed E-state index contributed by atoms with van der Waals surface area (Å²) in [5.41, 5.74) is 3.72. The summed E-state index contributed by atoms with van der Waals surface area (Å²) in [7, 11) is 0. The number of benzene rings is 1. The molecule has 1 N–H and O–H groups in total. The number of nitrogens with zero attached hydrogens (tertiary/aromatic N) is 1. The lowest BCUT2D eigenvalue weighted by Crippen LogP contribution is -2.40. The number of aryl methyl sites for hydroxylation is 2. The molecule has 0 radical (unpaired) electrons. The molecule has 1 saturated heterocycles. The molecule has 2 rings (SSSR count). The van der Waals surface area contributed by atoms with Crippen molar-refractivity contribution in [3.05, 3.63) is 34.9 Å². The second-order valence-corrected chi connectivity index (χ2v) is 7.22. The van der Waals surface area contributed by atoms with Crippen LogP contribution >= 0.6 is 11.8 Å². The third kappa shape index (κ3) is 3.43. The largest absolute Gasteiger partial charge is 0.318 e. The topological polar surface area (TPSA) is 32.3 Å². The maximum atomic E-state index is 12.5. The third-order valence-electron chi connectivity index (χ3n) is 4.07. The average molecular weight is 306 g/mol. The zero-order chi connectivity index (χ0) is 15.6. The first-order valence-electron chi connectivity index (χ1n) is 7.68. The van der Waals surface area contributed by atoms with Crippen molar-refractivity contribution in [3.8, 4) is 0 Å². The zero-order valence-corrected chi connectivity index (χ0v) is 14.5. The molecule has 0 aliphatic carbocycles. The summed E-state index contributed by atoms with van der Waals surface area (Å²) in [6.45, 7) is 10.5. The van der Waals surface area contributed by atoms with Crippen LogP contribution < -0.4 is 5.32 Å². The van der Waals surface area contributed by atoms with Crippen molar-refractivity contribution < 1.29 is 4.79 Å². The Balaban J connectivity index is 2.29. The van der Waals surface area contributed by atoms with Crippen molar-refractivity contribution in [2.45, 2.75) is 52.9 Å². The molecule has 0 bridgehead atoms. The summed E-state index contributed by atoms with van der Waals surface area (Å²) in [6.07, 6.45) is 0.000515. The fraction of sp³-hybridized carbons (Fsp3) is 0.588. The van der Waals surface area contributed by atoms with Gasteiger partial charge in [0.2, 0.25) is 5.91 Å². The number of carbonyl (C=O) groups is 1. The van der Waals surface area contributed by atoms with E-state index in [0.717, 1.165) is 11.5 Å². The molecule has 0 spiro atoms. The van der Waals surface area contributed by atoms with Gasteiger partial charge >= 0.3 is 0 Å². The summed E-state index contributed by atoms with van der Waals surface area (Å²) < 4.78 is 0. The smallest absolute Gasteiger partial charge is 0.241 e. The first-order valence-corrected chi connectivity index (χ1v) is 8.84. The first kappa shape index (κ1) is 16.4. The first-order chi connectivity index (χ1) is 9.95. The number of hydrogen-bond acceptors (Lipinski definition) is 3. The Labute approximate surface area is 132 Å². The number of amides is 1. The normalized spacial score (nSPS) is 23.7. The lowest BCUT2D eigenvalue weighted by molar-refractivity contribution is -0.131. The van der Waals surface area contributed by atoms with E-state index in [2.05, 4.69) is 51.2 Å². The van der Waals surface area contributed by atoms with Gasteiger partial charge in [0.25, 0.3) is 0 Å². The molecular weight excluding hydrogens is 280 g/mol. The predicted octanol–water partition coefficient (Wildman–Crippen LogP) is 3.26. The van der Waals surface area contributed by atoms with Crippen molar-refractivity contribution in [1.29, 1.82) is 0 Å². The van der Waals surface area contributed by atoms with Crippen LogP contribution in [0.2, 0.25) is 0 Å². The van der Waals surface area contributed by atoms with Crippen LogP contribution in [0.4, 0.5) is 0 Å². The summed E-state index contributed by atoms with van der Waals surface area (Å²) in [6, 6.07) is 6.60. The van der Waals surface area contributed by atoms with Crippen LogP contribution in [-0.2, 0) is 4.79 Å². The van der Waals surface area contributed by atoms with Crippen molar-refractivity contribution in [2.75, 3.05) is 11.5 Å². The van der Waals surface area contributed by atoms with Crippen molar-refractivity contribution >= 4 is 17.7 Å². The molecule has 1 aromatic carbocycles. The standard InChI is InChI=1S/C17H26N2OS/c1-6-21-10-13(4)19-16(18-14(5)17(19)20)15-8-7-11(2)9-12(15)3/h7-9,13-14,16,18H,6,10H2,1-5H3. The monoisotopic (exact) mass is 306 g/mol. The van der Waals surface area contributed by atoms with Crippen LogP contribution in [0.3, 0.4) is 0 Å². The van der Waals surface area contributed by atoms with Gasteiger partial charge in [-0.2, -0.15) is 11.8 Å². The Morgan fingerprint density at radius 3 is 2.71 bits per heavy atom. The molecule has 0 aromatic heterocycles. The van der Waals surface area contributed by atoms with E-state index < -0.39 is 0 Å². The van der Waals surface area contributed by atoms with Crippen LogP contribution in [0.15, 0.2) is 18.2 Å². The van der Waals surface area contributed by atoms with Crippen LogP contribution in [0, 0.1) is 13.8 Å². The molecule has 0 saturated carbocycles. The molecule has 1 heterocycles. The number of hydrogen-bond donors (Lipinski definition) is 1. The van der Waals surface area contributed by atoms with Crippen LogP contribution in [0.1, 0.15) is 43.6 Å². The second kappa shape index (κ2) is 6.84. The zero-order valence-electron chi connectivity index (χ0n) is 13.6. The quantitative estimate of drug-likeness (QED) is 0.906. The molecule has 1 aliphatic heterocycles. The lowest BCUT2D eigenvalue weighted by atomic mass is 10.0. The summed E-state index contributed by atoms with van der Waals surface area (Å²) in [5, 5.41) is 3.45. The van der Waals surface area contributed by atoms with Crippen LogP contribution in [0.25, 0.3) is 0 Å². The highest BCUT2D eigenvalue weighted by molar-refractivity contribution is 7.99. The van der Waals surface area contributed by atoms with E-state index in [1.54, 1.807) is 0 Å². The van der Waals surface area contributed by atoms with Gasteiger partial charge < -0.3 is 4.90 Å². The molecular formula is C17H26N2OS. The minimum absolute atomic E-state index is 0.000515. The summed E-state index contributed by atoms with van der Waals surface area (Å²) in [5.74, 6) is 2.28. The molecule has 1 aliphatic rings. The fourth-order valence-electron chi connectivity index (χ4n) is 2.95. The maximum absolute atomic E-state index is 12.5. The van der Waals surface area contributed by atoms with Crippen molar-refractivity contribution in [1.82, 2.24) is 10.2 Å². The number of carbonyl (C=O) groups excluding carboxylic acids is 1. The van der Waals surface area contributed by atoms with Gasteiger partial charge in [0.05, 0.1) is 6.04 Å². The SMILES string of the molecule is CCSCC(C)N1C(=O)C(C)NC1c1ccc(C)cc1C. The van der Waals surface area contributed by atoms with Gasteiger partial charge in [0.15, 0.2) is 0 Å². The molecule has 3 nitrogen and oxygen atoms in total. The molecule has 4 heteroatoms. The number of rotatable bonds is 5. The molecule has 3 atom stereocenters. The van der Waals surface area contributed by atoms with Gasteiger partial charge in [-0.25, -0.2) is 0 Å². The highest BCUT2D eigenvalue weighted by atomic mass is 32.2. The Morgan fingerprint density at radius 2 is 2.10 bits per heavy atom. The fourth-order valence-corrected chi connectivity index (χ4v) is 3.69. The van der Waals surface area contributed by atoms with E-state index in [9.17, 15) is 4.79 Å². The minimum Gasteiger partial charge on any atom is -0.318 e. The summed E-state index contributed by atoms with van der Waals surface area (Å²) >= 11 is 1.89. The molecule has 21 heavy (non-hydrogen) atoms. The van der Waals surface area contributed by atoms with Crippen molar-refractivity contribution in [3.63, 3.8) is 0 Å². The maximum Gasteiger partial charge on any atom is 0.241 e. The molecule has 1 fully saturated rings. The van der Waals surface area contributed by atoms with Crippen LogP contribution in [0.5, 0.6) is 0 Å². The molecule has 3 unspecified atom stereocenters. The van der Waals surface area contributed by atoms with Gasteiger partial charge in [0, 0.05) is 11.8 Å². The van der Waals surface area contributed by atoms with E-state index in [1.807, 2.05) is 23.6 Å². The number of thioether (sulfide) groups is 1. The Bertz CT molecular complexity index is 518. The van der Waals surface area contributed by atoms with E-state index >= 15 is 0 Å². The lowest BCUT2D eigenvalue weighted by Gasteiger charge is -2.31. The van der Waals surface area contributed by atoms with Crippen LogP contribution in [-0.4, -0.2) is 34.4 Å². The van der Waals surface area contributed by atoms with Gasteiger partial charge in [0.1, 0.15) is 6.17 Å². The van der Waals surface area contributed by atoms with Gasteiger partial charge in [-0.3, -0.25) is 10.1 Å². The molecule has 1 amide bonds. The van der Waals surface area contributed by atoms with E-state index in [-0.39, 0.29) is 24.2 Å². The Hall–Kier alpha value is -1.00. The highest BCUT2D eigenvalue weighted by Crippen LogP contribution is 2.30. The minimum atomic E-state index is -0.107. The van der Waals surface area contributed by atoms with E-state index in [0.29, 0.717) is 0 Å². The van der Waals surface area contributed by atoms with E-state index in [1.165, 1.54) is 16.7 Å². The third-order valence-corrected chi connectivity index (χ3v) is 5.20. The molecule has 116 valence electrons. The summed E-state index contributed by atoms with van der Waals surface area (Å²) in [4.78, 5) is 14.6. The number of nitrogens with one attached hydrogen (secondary N) is 1. The highest BCUT2D eigenvalue weighted by Gasteiger charge is 2.40. The van der Waals surface area contributed by atoms with E-state index in [4.69, 9.17) is 0 Å². The second-order valence-electron chi connectivity index (χ2n) is 5.90. The van der Waals surface area contributed by atoms with Crippen molar-refractivity contribution in [2.24, 2.45) is 0 Å².